The Hall–Kier alpha value is -2.47. The van der Waals surface area contributed by atoms with E-state index in [4.69, 9.17) is 4.74 Å². The number of fused-ring (bicyclic) bond motifs is 1. The molecule has 0 aliphatic carbocycles. The number of nitrogens with zero attached hydrogens (tertiary/aromatic N) is 3. The summed E-state index contributed by atoms with van der Waals surface area (Å²) < 4.78 is 5.38. The van der Waals surface area contributed by atoms with Gasteiger partial charge >= 0.3 is 0 Å². The molecule has 1 amide bonds. The highest BCUT2D eigenvalue weighted by Gasteiger charge is 2.16. The zero-order valence-corrected chi connectivity index (χ0v) is 15.7. The second-order valence-corrected chi connectivity index (χ2v) is 7.28. The number of rotatable bonds is 5. The number of ether oxygens (including phenoxy) is 1. The summed E-state index contributed by atoms with van der Waals surface area (Å²) in [5, 5.41) is 2.00. The average Bonchev–Trinajstić information content (AvgIpc) is 2.92. The van der Waals surface area contributed by atoms with E-state index in [-0.39, 0.29) is 5.91 Å². The van der Waals surface area contributed by atoms with Crippen LogP contribution in [0.1, 0.15) is 21.1 Å². The molecule has 2 heterocycles. The lowest BCUT2D eigenvalue weighted by molar-refractivity contribution is -0.129. The van der Waals surface area contributed by atoms with Crippen LogP contribution in [0.3, 0.4) is 0 Å². The number of aryl methyl sites for hydroxylation is 2. The fraction of sp³-hybridized carbons (Fsp3) is 0.316. The van der Waals surface area contributed by atoms with E-state index in [1.54, 1.807) is 29.5 Å². The summed E-state index contributed by atoms with van der Waals surface area (Å²) >= 11 is 1.59. The highest BCUT2D eigenvalue weighted by atomic mass is 32.1. The van der Waals surface area contributed by atoms with Gasteiger partial charge in [-0.15, -0.1) is 11.3 Å². The molecule has 0 fully saturated rings. The van der Waals surface area contributed by atoms with Crippen LogP contribution in [0.15, 0.2) is 30.5 Å². The minimum absolute atomic E-state index is 0.0830. The summed E-state index contributed by atoms with van der Waals surface area (Å²) in [6.07, 6.45) is 2.14. The molecule has 6 heteroatoms. The Labute approximate surface area is 151 Å². The molecule has 0 bridgehead atoms. The van der Waals surface area contributed by atoms with Gasteiger partial charge < -0.3 is 9.64 Å². The van der Waals surface area contributed by atoms with E-state index in [1.807, 2.05) is 45.2 Å². The molecule has 2 aromatic heterocycles. The molecule has 130 valence electrons. The first kappa shape index (κ1) is 17.4. The fourth-order valence-corrected chi connectivity index (χ4v) is 3.79. The van der Waals surface area contributed by atoms with Crippen LogP contribution in [0, 0.1) is 13.8 Å². The van der Waals surface area contributed by atoms with Gasteiger partial charge in [-0.1, -0.05) is 12.1 Å². The van der Waals surface area contributed by atoms with E-state index in [2.05, 4.69) is 9.97 Å². The van der Waals surface area contributed by atoms with Crippen LogP contribution in [-0.4, -0.2) is 34.9 Å². The van der Waals surface area contributed by atoms with Gasteiger partial charge in [0.15, 0.2) is 0 Å². The van der Waals surface area contributed by atoms with Crippen LogP contribution in [0.2, 0.25) is 0 Å². The van der Waals surface area contributed by atoms with E-state index in [9.17, 15) is 4.79 Å². The van der Waals surface area contributed by atoms with Crippen molar-refractivity contribution in [1.29, 1.82) is 0 Å². The van der Waals surface area contributed by atoms with E-state index < -0.39 is 0 Å². The van der Waals surface area contributed by atoms with Gasteiger partial charge in [0.1, 0.15) is 11.3 Å². The number of amides is 1. The molecule has 0 N–H and O–H groups in total. The molecule has 1 aromatic carbocycles. The van der Waals surface area contributed by atoms with Gasteiger partial charge in [-0.3, -0.25) is 9.78 Å². The number of aromatic nitrogens is 2. The zero-order chi connectivity index (χ0) is 18.0. The summed E-state index contributed by atoms with van der Waals surface area (Å²) in [7, 11) is 3.47. The molecule has 0 saturated carbocycles. The standard InChI is InChI=1S/C19H21N3O2S/c1-12-17(25-13(2)21-12)10-18(23)22(3)11-14-7-8-16(24-4)19-15(14)6-5-9-20-19/h5-9H,10-11H2,1-4H3. The molecule has 0 spiro atoms. The largest absolute Gasteiger partial charge is 0.494 e. The number of benzene rings is 1. The lowest BCUT2D eigenvalue weighted by Gasteiger charge is -2.19. The molecule has 0 saturated heterocycles. The number of methoxy groups -OCH3 is 1. The molecule has 0 atom stereocenters. The first-order valence-electron chi connectivity index (χ1n) is 8.07. The van der Waals surface area contributed by atoms with Crippen molar-refractivity contribution in [2.75, 3.05) is 14.2 Å². The van der Waals surface area contributed by atoms with Gasteiger partial charge in [0, 0.05) is 30.1 Å². The van der Waals surface area contributed by atoms with Gasteiger partial charge in [-0.25, -0.2) is 4.98 Å². The number of carbonyl (C=O) groups is 1. The third-order valence-corrected chi connectivity index (χ3v) is 5.26. The Bertz CT molecular complexity index is 920. The summed E-state index contributed by atoms with van der Waals surface area (Å²) in [4.78, 5) is 24.2. The van der Waals surface area contributed by atoms with Crippen LogP contribution in [-0.2, 0) is 17.8 Å². The quantitative estimate of drug-likeness (QED) is 0.703. The van der Waals surface area contributed by atoms with Gasteiger partial charge in [0.05, 0.1) is 24.2 Å². The number of likely N-dealkylation sites (N-methyl/N-ethyl adjacent to an activating group) is 1. The third-order valence-electron chi connectivity index (χ3n) is 4.19. The van der Waals surface area contributed by atoms with E-state index >= 15 is 0 Å². The molecular formula is C19H21N3O2S. The Morgan fingerprint density at radius 2 is 2.08 bits per heavy atom. The van der Waals surface area contributed by atoms with Crippen molar-refractivity contribution in [2.45, 2.75) is 26.8 Å². The summed E-state index contributed by atoms with van der Waals surface area (Å²) in [5.41, 5.74) is 2.82. The maximum Gasteiger partial charge on any atom is 0.227 e. The van der Waals surface area contributed by atoms with Gasteiger partial charge in [0.25, 0.3) is 0 Å². The first-order chi connectivity index (χ1) is 12.0. The van der Waals surface area contributed by atoms with E-state index in [0.717, 1.165) is 37.8 Å². The van der Waals surface area contributed by atoms with Gasteiger partial charge in [-0.2, -0.15) is 0 Å². The van der Waals surface area contributed by atoms with Crippen molar-refractivity contribution >= 4 is 28.1 Å². The molecule has 0 radical (unpaired) electrons. The highest BCUT2D eigenvalue weighted by Crippen LogP contribution is 2.27. The zero-order valence-electron chi connectivity index (χ0n) is 14.9. The van der Waals surface area contributed by atoms with Crippen molar-refractivity contribution in [1.82, 2.24) is 14.9 Å². The monoisotopic (exact) mass is 355 g/mol. The lowest BCUT2D eigenvalue weighted by Crippen LogP contribution is -2.27. The maximum atomic E-state index is 12.6. The number of hydrogen-bond acceptors (Lipinski definition) is 5. The number of thiazole rings is 1. The van der Waals surface area contributed by atoms with Gasteiger partial charge in [-0.05, 0) is 31.5 Å². The maximum absolute atomic E-state index is 12.6. The Morgan fingerprint density at radius 3 is 2.76 bits per heavy atom. The average molecular weight is 355 g/mol. The summed E-state index contributed by atoms with van der Waals surface area (Å²) in [5.74, 6) is 0.823. The van der Waals surface area contributed by atoms with E-state index in [1.165, 1.54) is 0 Å². The van der Waals surface area contributed by atoms with Crippen LogP contribution >= 0.6 is 11.3 Å². The van der Waals surface area contributed by atoms with Crippen LogP contribution in [0.5, 0.6) is 5.75 Å². The normalized spacial score (nSPS) is 10.9. The predicted molar refractivity (Wildman–Crippen MR) is 100 cm³/mol. The Morgan fingerprint density at radius 1 is 1.28 bits per heavy atom. The topological polar surface area (TPSA) is 55.3 Å². The second kappa shape index (κ2) is 7.19. The predicted octanol–water partition coefficient (Wildman–Crippen LogP) is 3.52. The molecular weight excluding hydrogens is 334 g/mol. The molecule has 0 unspecified atom stereocenters. The van der Waals surface area contributed by atoms with Gasteiger partial charge in [0.2, 0.25) is 5.91 Å². The minimum Gasteiger partial charge on any atom is -0.494 e. The number of pyridine rings is 1. The Kier molecular flexibility index (Phi) is 4.99. The third kappa shape index (κ3) is 3.64. The van der Waals surface area contributed by atoms with Crippen molar-refractivity contribution in [2.24, 2.45) is 0 Å². The molecule has 5 nitrogen and oxygen atoms in total. The van der Waals surface area contributed by atoms with Crippen molar-refractivity contribution in [3.63, 3.8) is 0 Å². The lowest BCUT2D eigenvalue weighted by atomic mass is 10.1. The summed E-state index contributed by atoms with van der Waals surface area (Å²) in [6.45, 7) is 4.45. The Balaban J connectivity index is 1.81. The number of carbonyl (C=O) groups excluding carboxylic acids is 1. The van der Waals surface area contributed by atoms with Crippen molar-refractivity contribution < 1.29 is 9.53 Å². The molecule has 25 heavy (non-hydrogen) atoms. The fourth-order valence-electron chi connectivity index (χ4n) is 2.86. The second-order valence-electron chi connectivity index (χ2n) is 5.99. The molecule has 0 aliphatic rings. The first-order valence-corrected chi connectivity index (χ1v) is 8.88. The number of hydrogen-bond donors (Lipinski definition) is 0. The van der Waals surface area contributed by atoms with Crippen molar-refractivity contribution in [3.8, 4) is 5.75 Å². The highest BCUT2D eigenvalue weighted by molar-refractivity contribution is 7.11. The van der Waals surface area contributed by atoms with Crippen LogP contribution < -0.4 is 4.74 Å². The molecule has 3 aromatic rings. The van der Waals surface area contributed by atoms with E-state index in [0.29, 0.717) is 13.0 Å². The van der Waals surface area contributed by atoms with Crippen LogP contribution in [0.25, 0.3) is 10.9 Å². The van der Waals surface area contributed by atoms with Crippen LogP contribution in [0.4, 0.5) is 0 Å². The molecule has 0 aliphatic heterocycles. The SMILES string of the molecule is COc1ccc(CN(C)C(=O)Cc2sc(C)nc2C)c2cccnc12. The van der Waals surface area contributed by atoms with Crippen molar-refractivity contribution in [3.05, 3.63) is 51.6 Å². The smallest absolute Gasteiger partial charge is 0.227 e. The minimum atomic E-state index is 0.0830. The summed E-state index contributed by atoms with van der Waals surface area (Å²) in [6, 6.07) is 7.81. The molecule has 3 rings (SSSR count).